The van der Waals surface area contributed by atoms with Crippen LogP contribution in [0.5, 0.6) is 0 Å². The molecule has 0 atom stereocenters. The highest BCUT2D eigenvalue weighted by molar-refractivity contribution is 7.92. The van der Waals surface area contributed by atoms with Gasteiger partial charge in [-0.05, 0) is 74.4 Å². The van der Waals surface area contributed by atoms with E-state index < -0.39 is 10.0 Å². The second-order valence-corrected chi connectivity index (χ2v) is 10.6. The van der Waals surface area contributed by atoms with Crippen molar-refractivity contribution in [1.82, 2.24) is 9.97 Å². The Labute approximate surface area is 211 Å². The summed E-state index contributed by atoms with van der Waals surface area (Å²) in [5, 5.41) is 4.00. The number of nitrogens with one attached hydrogen (secondary N) is 2. The van der Waals surface area contributed by atoms with Crippen LogP contribution in [0.25, 0.3) is 11.3 Å². The second-order valence-electron chi connectivity index (χ2n) is 8.40. The second kappa shape index (κ2) is 11.0. The van der Waals surface area contributed by atoms with Crippen molar-refractivity contribution in [2.75, 3.05) is 40.9 Å². The van der Waals surface area contributed by atoms with Gasteiger partial charge in [-0.15, -0.1) is 0 Å². The number of benzene rings is 2. The summed E-state index contributed by atoms with van der Waals surface area (Å²) < 4.78 is 30.8. The van der Waals surface area contributed by atoms with E-state index in [-0.39, 0.29) is 0 Å². The van der Waals surface area contributed by atoms with Gasteiger partial charge in [0.1, 0.15) is 0 Å². The molecule has 0 spiro atoms. The number of anilines is 4. The maximum absolute atomic E-state index is 11.4. The van der Waals surface area contributed by atoms with Crippen molar-refractivity contribution >= 4 is 50.3 Å². The van der Waals surface area contributed by atoms with Gasteiger partial charge in [-0.1, -0.05) is 12.1 Å². The van der Waals surface area contributed by atoms with Crippen LogP contribution in [0.15, 0.2) is 60.8 Å². The molecular formula is C25H29N5O3S2. The average Bonchev–Trinajstić information content (AvgIpc) is 2.84. The van der Waals surface area contributed by atoms with Crippen LogP contribution >= 0.6 is 12.2 Å². The molecule has 0 aliphatic carbocycles. The minimum absolute atomic E-state index is 0.360. The monoisotopic (exact) mass is 511 g/mol. The predicted molar refractivity (Wildman–Crippen MR) is 145 cm³/mol. The van der Waals surface area contributed by atoms with Crippen molar-refractivity contribution in [3.05, 3.63) is 60.8 Å². The first-order chi connectivity index (χ1) is 16.8. The van der Waals surface area contributed by atoms with Crippen LogP contribution < -0.4 is 14.9 Å². The van der Waals surface area contributed by atoms with Gasteiger partial charge in [-0.2, -0.15) is 0 Å². The molecule has 0 radical (unpaired) electrons. The van der Waals surface area contributed by atoms with Crippen LogP contribution in [0.3, 0.4) is 0 Å². The zero-order valence-electron chi connectivity index (χ0n) is 19.8. The van der Waals surface area contributed by atoms with Gasteiger partial charge in [-0.25, -0.2) is 18.4 Å². The third-order valence-electron chi connectivity index (χ3n) is 5.74. The Kier molecular flexibility index (Phi) is 7.82. The molecular weight excluding hydrogens is 482 g/mol. The van der Waals surface area contributed by atoms with Crippen molar-refractivity contribution in [2.45, 2.75) is 19.8 Å². The van der Waals surface area contributed by atoms with Gasteiger partial charge in [0.25, 0.3) is 0 Å². The molecule has 8 nitrogen and oxygen atoms in total. The lowest BCUT2D eigenvalue weighted by Gasteiger charge is -2.33. The standard InChI is InChI=1S/C25H29N5O3S2/c1-3-33-24(34)19-13-16-30(17-14-19)22-10-8-20(9-11-22)27-25-26-15-12-23(28-25)18-4-6-21(7-5-18)29-35(2,31)32/h4-12,15,19,29H,3,13-14,16-17H2,1-2H3,(H,26,27,28). The summed E-state index contributed by atoms with van der Waals surface area (Å²) >= 11 is 5.39. The van der Waals surface area contributed by atoms with E-state index in [2.05, 4.69) is 37.0 Å². The molecule has 35 heavy (non-hydrogen) atoms. The van der Waals surface area contributed by atoms with Crippen molar-refractivity contribution in [2.24, 2.45) is 5.92 Å². The fraction of sp³-hybridized carbons (Fsp3) is 0.320. The molecule has 0 unspecified atom stereocenters. The summed E-state index contributed by atoms with van der Waals surface area (Å²) in [6.07, 6.45) is 4.82. The fourth-order valence-electron chi connectivity index (χ4n) is 4.02. The largest absolute Gasteiger partial charge is 0.487 e. The fourth-order valence-corrected chi connectivity index (χ4v) is 4.94. The minimum atomic E-state index is -3.31. The molecule has 1 saturated heterocycles. The maximum atomic E-state index is 11.4. The molecule has 184 valence electrons. The van der Waals surface area contributed by atoms with E-state index in [4.69, 9.17) is 17.0 Å². The SMILES string of the molecule is CCOC(=S)C1CCN(c2ccc(Nc3nccc(-c4ccc(NS(C)(=O)=O)cc4)n3)cc2)CC1. The number of rotatable bonds is 8. The number of ether oxygens (including phenoxy) is 1. The topological polar surface area (TPSA) is 96.5 Å². The van der Waals surface area contributed by atoms with Gasteiger partial charge in [0.15, 0.2) is 5.05 Å². The van der Waals surface area contributed by atoms with Gasteiger partial charge >= 0.3 is 0 Å². The normalized spacial score (nSPS) is 14.4. The summed E-state index contributed by atoms with van der Waals surface area (Å²) in [5.41, 5.74) is 4.17. The Morgan fingerprint density at radius 3 is 2.34 bits per heavy atom. The first-order valence-corrected chi connectivity index (χ1v) is 13.8. The average molecular weight is 512 g/mol. The van der Waals surface area contributed by atoms with Crippen molar-refractivity contribution in [3.8, 4) is 11.3 Å². The van der Waals surface area contributed by atoms with Gasteiger partial charge < -0.3 is 15.0 Å². The van der Waals surface area contributed by atoms with Gasteiger partial charge in [0, 0.05) is 47.8 Å². The number of piperidine rings is 1. The van der Waals surface area contributed by atoms with Crippen LogP contribution in [0.4, 0.5) is 23.0 Å². The van der Waals surface area contributed by atoms with E-state index in [0.717, 1.165) is 54.2 Å². The van der Waals surface area contributed by atoms with Crippen LogP contribution in [0.2, 0.25) is 0 Å². The highest BCUT2D eigenvalue weighted by Crippen LogP contribution is 2.27. The molecule has 10 heteroatoms. The Morgan fingerprint density at radius 2 is 1.71 bits per heavy atom. The van der Waals surface area contributed by atoms with Crippen LogP contribution in [-0.2, 0) is 14.8 Å². The molecule has 1 aliphatic rings. The summed E-state index contributed by atoms with van der Waals surface area (Å²) in [6, 6.07) is 17.1. The highest BCUT2D eigenvalue weighted by atomic mass is 32.2. The zero-order chi connectivity index (χ0) is 24.8. The van der Waals surface area contributed by atoms with Gasteiger partial charge in [0.05, 0.1) is 18.6 Å². The lowest BCUT2D eigenvalue weighted by atomic mass is 9.97. The number of hydrogen-bond acceptors (Lipinski definition) is 8. The molecule has 3 aromatic rings. The van der Waals surface area contributed by atoms with Crippen molar-refractivity contribution in [3.63, 3.8) is 0 Å². The molecule has 1 fully saturated rings. The summed E-state index contributed by atoms with van der Waals surface area (Å²) in [5.74, 6) is 0.845. The Balaban J connectivity index is 1.37. The Morgan fingerprint density at radius 1 is 1.06 bits per heavy atom. The van der Waals surface area contributed by atoms with Gasteiger partial charge in [-0.3, -0.25) is 4.72 Å². The molecule has 0 bridgehead atoms. The van der Waals surface area contributed by atoms with Crippen molar-refractivity contribution < 1.29 is 13.2 Å². The van der Waals surface area contributed by atoms with Crippen molar-refractivity contribution in [1.29, 1.82) is 0 Å². The van der Waals surface area contributed by atoms with E-state index in [0.29, 0.717) is 24.2 Å². The highest BCUT2D eigenvalue weighted by Gasteiger charge is 2.23. The summed E-state index contributed by atoms with van der Waals surface area (Å²) in [4.78, 5) is 11.3. The van der Waals surface area contributed by atoms with E-state index in [1.54, 1.807) is 18.3 Å². The lowest BCUT2D eigenvalue weighted by Crippen LogP contribution is -2.36. The van der Waals surface area contributed by atoms with Crippen LogP contribution in [0, 0.1) is 5.92 Å². The Hall–Kier alpha value is -3.24. The minimum Gasteiger partial charge on any atom is -0.487 e. The third kappa shape index (κ3) is 6.89. The molecule has 0 saturated carbocycles. The van der Waals surface area contributed by atoms with E-state index in [1.807, 2.05) is 37.3 Å². The van der Waals surface area contributed by atoms with Crippen LogP contribution in [0.1, 0.15) is 19.8 Å². The lowest BCUT2D eigenvalue weighted by molar-refractivity contribution is 0.298. The van der Waals surface area contributed by atoms with E-state index in [1.165, 1.54) is 5.69 Å². The number of sulfonamides is 1. The number of hydrogen-bond donors (Lipinski definition) is 2. The molecule has 1 aliphatic heterocycles. The first kappa shape index (κ1) is 24.9. The first-order valence-electron chi connectivity index (χ1n) is 11.5. The third-order valence-corrected chi connectivity index (χ3v) is 6.80. The summed E-state index contributed by atoms with van der Waals surface area (Å²) in [7, 11) is -3.31. The number of thiocarbonyl (C=S) groups is 1. The molecule has 4 rings (SSSR count). The molecule has 2 N–H and O–H groups in total. The van der Waals surface area contributed by atoms with Crippen LogP contribution in [-0.4, -0.2) is 49.4 Å². The van der Waals surface area contributed by atoms with E-state index >= 15 is 0 Å². The summed E-state index contributed by atoms with van der Waals surface area (Å²) in [6.45, 7) is 4.51. The molecule has 1 aromatic heterocycles. The predicted octanol–water partition coefficient (Wildman–Crippen LogP) is 4.84. The quantitative estimate of drug-likeness (QED) is 0.415. The molecule has 2 aromatic carbocycles. The Bertz CT molecular complexity index is 1260. The molecule has 0 amide bonds. The van der Waals surface area contributed by atoms with E-state index in [9.17, 15) is 8.42 Å². The zero-order valence-corrected chi connectivity index (χ0v) is 21.4. The number of aromatic nitrogens is 2. The molecule has 2 heterocycles. The number of nitrogens with zero attached hydrogens (tertiary/aromatic N) is 3. The van der Waals surface area contributed by atoms with Gasteiger partial charge in [0.2, 0.25) is 16.0 Å². The smallest absolute Gasteiger partial charge is 0.229 e. The maximum Gasteiger partial charge on any atom is 0.229 e.